The van der Waals surface area contributed by atoms with Crippen LogP contribution in [0.5, 0.6) is 0 Å². The highest BCUT2D eigenvalue weighted by Gasteiger charge is 2.04. The molecule has 0 amide bonds. The van der Waals surface area contributed by atoms with Gasteiger partial charge in [0.15, 0.2) is 0 Å². The van der Waals surface area contributed by atoms with Crippen LogP contribution in [0.2, 0.25) is 5.02 Å². The fraction of sp³-hybridized carbons (Fsp3) is 0. The van der Waals surface area contributed by atoms with Crippen molar-refractivity contribution in [3.05, 3.63) is 34.8 Å². The topological polar surface area (TPSA) is 37.3 Å². The molecule has 0 spiro atoms. The van der Waals surface area contributed by atoms with Gasteiger partial charge in [0, 0.05) is 0 Å². The van der Waals surface area contributed by atoms with E-state index in [1.165, 1.54) is 18.2 Å². The zero-order chi connectivity index (χ0) is 8.43. The van der Waals surface area contributed by atoms with Crippen LogP contribution in [0.4, 0.5) is 0 Å². The van der Waals surface area contributed by atoms with Crippen molar-refractivity contribution in [3.63, 3.8) is 0 Å². The maximum absolute atomic E-state index is 10.4. The predicted octanol–water partition coefficient (Wildman–Crippen LogP) is 2.04. The molecular weight excluding hydrogens is 152 g/mol. The molecule has 0 unspecified atom stereocenters. The molecule has 0 atom stereocenters. The molecule has 3 heteroatoms. The predicted molar refractivity (Wildman–Crippen MR) is 38.4 cm³/mol. The molecule has 0 fully saturated rings. The number of rotatable bonds is 1. The van der Waals surface area contributed by atoms with E-state index in [-0.39, 0.29) is 16.6 Å². The van der Waals surface area contributed by atoms with Gasteiger partial charge in [0.25, 0.3) is 0 Å². The lowest BCUT2D eigenvalue weighted by Gasteiger charge is -1.94. The van der Waals surface area contributed by atoms with Gasteiger partial charge in [-0.2, -0.15) is 0 Å². The quantitative estimate of drug-likeness (QED) is 0.678. The average molecular weight is 158 g/mol. The van der Waals surface area contributed by atoms with Crippen molar-refractivity contribution in [2.75, 3.05) is 0 Å². The SMILES string of the molecule is [2H]c1cccc(Cl)c1C(=O)O. The van der Waals surface area contributed by atoms with E-state index in [0.717, 1.165) is 0 Å². The lowest BCUT2D eigenvalue weighted by atomic mass is 10.2. The maximum atomic E-state index is 10.4. The van der Waals surface area contributed by atoms with Crippen molar-refractivity contribution in [2.45, 2.75) is 0 Å². The Kier molecular flexibility index (Phi) is 1.56. The Hall–Kier alpha value is -1.02. The molecule has 0 bridgehead atoms. The standard InChI is InChI=1S/C7H5ClO2/c8-6-4-2-1-3-5(6)7(9)10/h1-4H,(H,9,10)/i3D. The molecule has 1 aromatic rings. The Morgan fingerprint density at radius 2 is 2.40 bits per heavy atom. The van der Waals surface area contributed by atoms with Gasteiger partial charge < -0.3 is 5.11 Å². The first-order valence-corrected chi connectivity index (χ1v) is 2.99. The molecule has 0 saturated heterocycles. The Bertz CT molecular complexity index is 278. The van der Waals surface area contributed by atoms with Gasteiger partial charge >= 0.3 is 5.97 Å². The molecule has 0 aliphatic rings. The molecule has 0 aromatic heterocycles. The number of carbonyl (C=O) groups is 1. The molecule has 2 nitrogen and oxygen atoms in total. The van der Waals surface area contributed by atoms with Gasteiger partial charge in [-0.15, -0.1) is 0 Å². The summed E-state index contributed by atoms with van der Waals surface area (Å²) in [4.78, 5) is 10.4. The van der Waals surface area contributed by atoms with E-state index in [4.69, 9.17) is 18.1 Å². The summed E-state index contributed by atoms with van der Waals surface area (Å²) in [6, 6.07) is 4.31. The molecule has 1 aromatic carbocycles. The molecule has 0 aliphatic carbocycles. The summed E-state index contributed by atoms with van der Waals surface area (Å²) in [5.74, 6) is -1.17. The van der Waals surface area contributed by atoms with E-state index in [0.29, 0.717) is 0 Å². The molecule has 1 N–H and O–H groups in total. The minimum absolute atomic E-state index is 0.0648. The molecule has 0 radical (unpaired) electrons. The molecule has 0 aliphatic heterocycles. The van der Waals surface area contributed by atoms with Gasteiger partial charge in [-0.1, -0.05) is 23.7 Å². The number of hydrogen-bond acceptors (Lipinski definition) is 1. The normalized spacial score (nSPS) is 10.7. The van der Waals surface area contributed by atoms with Crippen molar-refractivity contribution in [1.82, 2.24) is 0 Å². The third-order valence-corrected chi connectivity index (χ3v) is 1.33. The lowest BCUT2D eigenvalue weighted by Crippen LogP contribution is -1.95. The molecule has 52 valence electrons. The maximum Gasteiger partial charge on any atom is 0.337 e. The first-order valence-electron chi connectivity index (χ1n) is 3.11. The van der Waals surface area contributed by atoms with Crippen LogP contribution in [-0.2, 0) is 0 Å². The van der Waals surface area contributed by atoms with Gasteiger partial charge in [0.2, 0.25) is 0 Å². The fourth-order valence-electron chi connectivity index (χ4n) is 0.580. The van der Waals surface area contributed by atoms with E-state index in [9.17, 15) is 4.79 Å². The van der Waals surface area contributed by atoms with Crippen LogP contribution < -0.4 is 0 Å². The summed E-state index contributed by atoms with van der Waals surface area (Å²) in [5, 5.41) is 8.64. The number of carboxylic acid groups (broad SMARTS) is 1. The summed E-state index contributed by atoms with van der Waals surface area (Å²) in [5.41, 5.74) is -0.144. The van der Waals surface area contributed by atoms with Gasteiger partial charge in [0.1, 0.15) is 0 Å². The Morgan fingerprint density at radius 1 is 1.70 bits per heavy atom. The lowest BCUT2D eigenvalue weighted by molar-refractivity contribution is 0.0697. The van der Waals surface area contributed by atoms with E-state index >= 15 is 0 Å². The summed E-state index contributed by atoms with van der Waals surface area (Å²) < 4.78 is 7.18. The highest BCUT2D eigenvalue weighted by molar-refractivity contribution is 6.33. The zero-order valence-electron chi connectivity index (χ0n) is 5.97. The molecule has 0 heterocycles. The van der Waals surface area contributed by atoms with Gasteiger partial charge in [-0.25, -0.2) is 4.79 Å². The van der Waals surface area contributed by atoms with E-state index in [1.54, 1.807) is 0 Å². The largest absolute Gasteiger partial charge is 0.478 e. The zero-order valence-corrected chi connectivity index (χ0v) is 5.72. The van der Waals surface area contributed by atoms with E-state index in [2.05, 4.69) is 0 Å². The Labute approximate surface area is 64.5 Å². The average Bonchev–Trinajstić information content (AvgIpc) is 1.85. The fourth-order valence-corrected chi connectivity index (χ4v) is 0.788. The Morgan fingerprint density at radius 3 is 2.80 bits per heavy atom. The monoisotopic (exact) mass is 157 g/mol. The van der Waals surface area contributed by atoms with Crippen molar-refractivity contribution >= 4 is 17.6 Å². The highest BCUT2D eigenvalue weighted by atomic mass is 35.5. The molecule has 10 heavy (non-hydrogen) atoms. The van der Waals surface area contributed by atoms with Crippen LogP contribution in [0.15, 0.2) is 24.2 Å². The van der Waals surface area contributed by atoms with Crippen LogP contribution in [0, 0.1) is 0 Å². The minimum atomic E-state index is -1.17. The third-order valence-electron chi connectivity index (χ3n) is 1.02. The van der Waals surface area contributed by atoms with Gasteiger partial charge in [0.05, 0.1) is 12.0 Å². The van der Waals surface area contributed by atoms with Crippen molar-refractivity contribution in [1.29, 1.82) is 0 Å². The summed E-state index contributed by atoms with van der Waals surface area (Å²) >= 11 is 5.52. The summed E-state index contributed by atoms with van der Waals surface area (Å²) in [6.07, 6.45) is 0. The third kappa shape index (κ3) is 1.28. The number of carboxylic acids is 1. The smallest absolute Gasteiger partial charge is 0.337 e. The number of benzene rings is 1. The first-order chi connectivity index (χ1) is 5.13. The minimum Gasteiger partial charge on any atom is -0.478 e. The second-order valence-corrected chi connectivity index (χ2v) is 2.11. The number of aromatic carboxylic acids is 1. The second kappa shape index (κ2) is 2.71. The van der Waals surface area contributed by atoms with Crippen LogP contribution in [0.25, 0.3) is 0 Å². The van der Waals surface area contributed by atoms with Gasteiger partial charge in [-0.05, 0) is 12.1 Å². The van der Waals surface area contributed by atoms with E-state index < -0.39 is 5.97 Å². The summed E-state index contributed by atoms with van der Waals surface area (Å²) in [7, 11) is 0. The molecular formula is C7H5ClO2. The number of hydrogen-bond donors (Lipinski definition) is 1. The van der Waals surface area contributed by atoms with Crippen LogP contribution in [0.1, 0.15) is 11.7 Å². The molecule has 1 rings (SSSR count). The van der Waals surface area contributed by atoms with Crippen molar-refractivity contribution in [2.24, 2.45) is 0 Å². The van der Waals surface area contributed by atoms with Crippen molar-refractivity contribution < 1.29 is 11.3 Å². The highest BCUT2D eigenvalue weighted by Crippen LogP contribution is 2.13. The second-order valence-electron chi connectivity index (χ2n) is 1.70. The Balaban J connectivity index is 3.32. The van der Waals surface area contributed by atoms with Gasteiger partial charge in [-0.3, -0.25) is 0 Å². The number of halogens is 1. The van der Waals surface area contributed by atoms with Crippen LogP contribution in [0.3, 0.4) is 0 Å². The summed E-state index contributed by atoms with van der Waals surface area (Å²) in [6.45, 7) is 0. The molecule has 0 saturated carbocycles. The first kappa shape index (κ1) is 5.74. The van der Waals surface area contributed by atoms with Crippen molar-refractivity contribution in [3.8, 4) is 0 Å². The van der Waals surface area contributed by atoms with E-state index in [1.807, 2.05) is 0 Å². The van der Waals surface area contributed by atoms with Crippen LogP contribution >= 0.6 is 11.6 Å². The van der Waals surface area contributed by atoms with Crippen LogP contribution in [-0.4, -0.2) is 11.1 Å².